The van der Waals surface area contributed by atoms with Crippen LogP contribution in [0.2, 0.25) is 0 Å². The Balaban J connectivity index is 1.93. The number of benzene rings is 1. The third kappa shape index (κ3) is 3.16. The van der Waals surface area contributed by atoms with E-state index in [1.807, 2.05) is 12.1 Å². The fourth-order valence-corrected chi connectivity index (χ4v) is 2.70. The molecule has 0 spiro atoms. The maximum atomic E-state index is 9.55. The van der Waals surface area contributed by atoms with Crippen molar-refractivity contribution >= 4 is 0 Å². The lowest BCUT2D eigenvalue weighted by molar-refractivity contribution is 0.279. The molecule has 1 aromatic rings. The minimum atomic E-state index is 0.201. The van der Waals surface area contributed by atoms with Gasteiger partial charge in [0.05, 0.1) is 7.11 Å². The number of phenols is 1. The third-order valence-electron chi connectivity index (χ3n) is 3.92. The van der Waals surface area contributed by atoms with E-state index in [1.54, 1.807) is 13.2 Å². The molecule has 1 aromatic carbocycles. The summed E-state index contributed by atoms with van der Waals surface area (Å²) in [4.78, 5) is 0. The van der Waals surface area contributed by atoms with Gasteiger partial charge in [-0.3, -0.25) is 0 Å². The number of nitrogens with one attached hydrogen (secondary N) is 1. The van der Waals surface area contributed by atoms with Crippen LogP contribution in [0.5, 0.6) is 11.5 Å². The van der Waals surface area contributed by atoms with Crippen molar-refractivity contribution in [2.45, 2.75) is 45.2 Å². The molecule has 0 bridgehead atoms. The highest BCUT2D eigenvalue weighted by Crippen LogP contribution is 2.27. The molecule has 0 amide bonds. The smallest absolute Gasteiger partial charge is 0.160 e. The van der Waals surface area contributed by atoms with Crippen LogP contribution >= 0.6 is 0 Å². The fraction of sp³-hybridized carbons (Fsp3) is 0.600. The Morgan fingerprint density at radius 2 is 2.11 bits per heavy atom. The van der Waals surface area contributed by atoms with E-state index in [1.165, 1.54) is 25.7 Å². The Kier molecular flexibility index (Phi) is 4.48. The van der Waals surface area contributed by atoms with Crippen LogP contribution in [-0.2, 0) is 6.54 Å². The Morgan fingerprint density at radius 1 is 1.33 bits per heavy atom. The van der Waals surface area contributed by atoms with Crippen LogP contribution in [0.4, 0.5) is 0 Å². The van der Waals surface area contributed by atoms with Crippen molar-refractivity contribution in [1.82, 2.24) is 5.32 Å². The van der Waals surface area contributed by atoms with Crippen molar-refractivity contribution < 1.29 is 9.84 Å². The molecule has 100 valence electrons. The molecule has 1 aliphatic rings. The van der Waals surface area contributed by atoms with E-state index in [2.05, 4.69) is 12.2 Å². The number of rotatable bonds is 4. The Morgan fingerprint density at radius 3 is 2.83 bits per heavy atom. The predicted molar refractivity (Wildman–Crippen MR) is 72.9 cm³/mol. The van der Waals surface area contributed by atoms with Crippen LogP contribution in [-0.4, -0.2) is 18.3 Å². The molecular weight excluding hydrogens is 226 g/mol. The Bertz CT molecular complexity index is 392. The average molecular weight is 249 g/mol. The van der Waals surface area contributed by atoms with Crippen LogP contribution in [0.1, 0.15) is 38.2 Å². The van der Waals surface area contributed by atoms with Crippen molar-refractivity contribution in [3.05, 3.63) is 23.8 Å². The van der Waals surface area contributed by atoms with Crippen LogP contribution in [0.3, 0.4) is 0 Å². The van der Waals surface area contributed by atoms with E-state index in [-0.39, 0.29) is 5.75 Å². The van der Waals surface area contributed by atoms with Crippen molar-refractivity contribution in [2.24, 2.45) is 5.92 Å². The van der Waals surface area contributed by atoms with Gasteiger partial charge in [0.15, 0.2) is 11.5 Å². The minimum absolute atomic E-state index is 0.201. The minimum Gasteiger partial charge on any atom is -0.504 e. The van der Waals surface area contributed by atoms with Gasteiger partial charge >= 0.3 is 0 Å². The number of ether oxygens (including phenoxy) is 1. The van der Waals surface area contributed by atoms with Gasteiger partial charge in [-0.2, -0.15) is 0 Å². The first-order valence-corrected chi connectivity index (χ1v) is 6.80. The summed E-state index contributed by atoms with van der Waals surface area (Å²) in [5.74, 6) is 1.51. The maximum Gasteiger partial charge on any atom is 0.160 e. The molecule has 0 saturated heterocycles. The summed E-state index contributed by atoms with van der Waals surface area (Å²) in [5, 5.41) is 13.2. The molecule has 2 N–H and O–H groups in total. The topological polar surface area (TPSA) is 41.5 Å². The first-order valence-electron chi connectivity index (χ1n) is 6.80. The maximum absolute atomic E-state index is 9.55. The standard InChI is InChI=1S/C15H23NO2/c1-11-5-3-4-6-13(11)16-10-12-7-8-14(17)15(9-12)18-2/h7-9,11,13,16-17H,3-6,10H2,1-2H3. The molecule has 3 nitrogen and oxygen atoms in total. The molecule has 0 heterocycles. The average Bonchev–Trinajstić information content (AvgIpc) is 2.39. The van der Waals surface area contributed by atoms with E-state index >= 15 is 0 Å². The van der Waals surface area contributed by atoms with Gasteiger partial charge in [0.2, 0.25) is 0 Å². The van der Waals surface area contributed by atoms with Gasteiger partial charge < -0.3 is 15.2 Å². The molecule has 2 atom stereocenters. The first-order chi connectivity index (χ1) is 8.70. The van der Waals surface area contributed by atoms with Crippen molar-refractivity contribution in [3.63, 3.8) is 0 Å². The van der Waals surface area contributed by atoms with Crippen molar-refractivity contribution in [3.8, 4) is 11.5 Å². The molecule has 0 aromatic heterocycles. The zero-order chi connectivity index (χ0) is 13.0. The summed E-state index contributed by atoms with van der Waals surface area (Å²) in [6, 6.07) is 6.16. The third-order valence-corrected chi connectivity index (χ3v) is 3.92. The molecule has 2 rings (SSSR count). The number of methoxy groups -OCH3 is 1. The van der Waals surface area contributed by atoms with Crippen LogP contribution in [0.15, 0.2) is 18.2 Å². The van der Waals surface area contributed by atoms with E-state index in [0.717, 1.165) is 18.0 Å². The second kappa shape index (κ2) is 6.10. The van der Waals surface area contributed by atoms with Gasteiger partial charge in [-0.1, -0.05) is 25.8 Å². The SMILES string of the molecule is COc1cc(CNC2CCCCC2C)ccc1O. The molecule has 1 aliphatic carbocycles. The lowest BCUT2D eigenvalue weighted by atomic mass is 9.86. The normalized spacial score (nSPS) is 23.9. The highest BCUT2D eigenvalue weighted by atomic mass is 16.5. The summed E-state index contributed by atoms with van der Waals surface area (Å²) >= 11 is 0. The predicted octanol–water partition coefficient (Wildman–Crippen LogP) is 3.07. The highest BCUT2D eigenvalue weighted by Gasteiger charge is 2.20. The molecule has 1 fully saturated rings. The fourth-order valence-electron chi connectivity index (χ4n) is 2.70. The second-order valence-corrected chi connectivity index (χ2v) is 5.26. The summed E-state index contributed by atoms with van der Waals surface area (Å²) in [5.41, 5.74) is 1.16. The molecular formula is C15H23NO2. The van der Waals surface area contributed by atoms with Crippen LogP contribution < -0.4 is 10.1 Å². The summed E-state index contributed by atoms with van der Waals surface area (Å²) in [6.45, 7) is 3.17. The zero-order valence-corrected chi connectivity index (χ0v) is 11.3. The highest BCUT2D eigenvalue weighted by molar-refractivity contribution is 5.41. The summed E-state index contributed by atoms with van der Waals surface area (Å²) < 4.78 is 5.12. The Hall–Kier alpha value is -1.22. The van der Waals surface area contributed by atoms with E-state index in [4.69, 9.17) is 4.74 Å². The van der Waals surface area contributed by atoms with Gasteiger partial charge in [0.25, 0.3) is 0 Å². The monoisotopic (exact) mass is 249 g/mol. The van der Waals surface area contributed by atoms with Crippen LogP contribution in [0.25, 0.3) is 0 Å². The number of phenolic OH excluding ortho intramolecular Hbond substituents is 1. The largest absolute Gasteiger partial charge is 0.504 e. The van der Waals surface area contributed by atoms with E-state index in [9.17, 15) is 5.11 Å². The molecule has 1 saturated carbocycles. The molecule has 2 unspecified atom stereocenters. The van der Waals surface area contributed by atoms with E-state index in [0.29, 0.717) is 11.8 Å². The number of hydrogen-bond donors (Lipinski definition) is 2. The quantitative estimate of drug-likeness (QED) is 0.861. The van der Waals surface area contributed by atoms with Gasteiger partial charge in [-0.05, 0) is 36.5 Å². The van der Waals surface area contributed by atoms with Crippen LogP contribution in [0, 0.1) is 5.92 Å². The zero-order valence-electron chi connectivity index (χ0n) is 11.3. The van der Waals surface area contributed by atoms with E-state index < -0.39 is 0 Å². The second-order valence-electron chi connectivity index (χ2n) is 5.26. The molecule has 0 radical (unpaired) electrons. The van der Waals surface area contributed by atoms with Crippen molar-refractivity contribution in [2.75, 3.05) is 7.11 Å². The van der Waals surface area contributed by atoms with Gasteiger partial charge in [0.1, 0.15) is 0 Å². The van der Waals surface area contributed by atoms with Crippen molar-refractivity contribution in [1.29, 1.82) is 0 Å². The summed E-state index contributed by atoms with van der Waals surface area (Å²) in [6.07, 6.45) is 5.31. The molecule has 3 heteroatoms. The van der Waals surface area contributed by atoms with Gasteiger partial charge in [-0.15, -0.1) is 0 Å². The number of hydrogen-bond acceptors (Lipinski definition) is 3. The lowest BCUT2D eigenvalue weighted by Crippen LogP contribution is -2.36. The lowest BCUT2D eigenvalue weighted by Gasteiger charge is -2.29. The number of aromatic hydroxyl groups is 1. The first kappa shape index (κ1) is 13.2. The van der Waals surface area contributed by atoms with Gasteiger partial charge in [-0.25, -0.2) is 0 Å². The molecule has 0 aliphatic heterocycles. The Labute approximate surface area is 109 Å². The summed E-state index contributed by atoms with van der Waals surface area (Å²) in [7, 11) is 1.58. The van der Waals surface area contributed by atoms with Gasteiger partial charge in [0, 0.05) is 12.6 Å². The molecule has 18 heavy (non-hydrogen) atoms.